The predicted molar refractivity (Wildman–Crippen MR) is 85.7 cm³/mol. The third-order valence-corrected chi connectivity index (χ3v) is 5.09. The topological polar surface area (TPSA) is 41.6 Å². The van der Waals surface area contributed by atoms with Crippen molar-refractivity contribution in [3.63, 3.8) is 0 Å². The fourth-order valence-electron chi connectivity index (χ4n) is 3.29. The number of carbonyl (C=O) groups excluding carboxylic acids is 1. The van der Waals surface area contributed by atoms with Crippen molar-refractivity contribution in [2.24, 2.45) is 5.92 Å². The van der Waals surface area contributed by atoms with E-state index in [2.05, 4.69) is 26.1 Å². The van der Waals surface area contributed by atoms with E-state index in [1.165, 1.54) is 25.9 Å². The van der Waals surface area contributed by atoms with Gasteiger partial charge in [-0.05, 0) is 72.9 Å². The van der Waals surface area contributed by atoms with Gasteiger partial charge in [0, 0.05) is 18.2 Å². The third kappa shape index (κ3) is 3.24. The molecule has 3 heterocycles. The molecule has 0 saturated carbocycles. The summed E-state index contributed by atoms with van der Waals surface area (Å²) in [6.07, 6.45) is 2.41. The van der Waals surface area contributed by atoms with Crippen LogP contribution in [0.5, 0.6) is 5.75 Å². The molecule has 3 saturated heterocycles. The summed E-state index contributed by atoms with van der Waals surface area (Å²) in [5.74, 6) is 1.43. The molecule has 1 aromatic rings. The fraction of sp³-hybridized carbons (Fsp3) is 0.562. The molecule has 1 atom stereocenters. The van der Waals surface area contributed by atoms with Crippen molar-refractivity contribution in [2.45, 2.75) is 25.8 Å². The smallest absolute Gasteiger partial charge is 0.251 e. The van der Waals surface area contributed by atoms with E-state index in [0.29, 0.717) is 24.1 Å². The lowest BCUT2D eigenvalue weighted by Gasteiger charge is -2.44. The van der Waals surface area contributed by atoms with Crippen LogP contribution in [0.4, 0.5) is 0 Å². The maximum atomic E-state index is 12.4. The zero-order chi connectivity index (χ0) is 14.8. The zero-order valence-electron chi connectivity index (χ0n) is 12.3. The number of nitrogens with one attached hydrogen (secondary N) is 1. The summed E-state index contributed by atoms with van der Waals surface area (Å²) in [7, 11) is 0. The van der Waals surface area contributed by atoms with Crippen LogP contribution in [0, 0.1) is 5.92 Å². The van der Waals surface area contributed by atoms with Crippen molar-refractivity contribution in [1.82, 2.24) is 10.2 Å². The van der Waals surface area contributed by atoms with Crippen LogP contribution in [-0.2, 0) is 0 Å². The van der Waals surface area contributed by atoms with E-state index in [4.69, 9.17) is 4.74 Å². The Balaban J connectivity index is 1.66. The van der Waals surface area contributed by atoms with Gasteiger partial charge < -0.3 is 15.0 Å². The number of ether oxygens (including phenoxy) is 1. The summed E-state index contributed by atoms with van der Waals surface area (Å²) in [5, 5.41) is 3.20. The Morgan fingerprint density at radius 3 is 2.76 bits per heavy atom. The van der Waals surface area contributed by atoms with E-state index < -0.39 is 0 Å². The van der Waals surface area contributed by atoms with Crippen LogP contribution in [0.3, 0.4) is 0 Å². The first-order valence-electron chi connectivity index (χ1n) is 7.63. The van der Waals surface area contributed by atoms with Gasteiger partial charge in [0.1, 0.15) is 5.75 Å². The van der Waals surface area contributed by atoms with Crippen LogP contribution < -0.4 is 10.1 Å². The lowest BCUT2D eigenvalue weighted by molar-refractivity contribution is 0.0620. The molecular weight excluding hydrogens is 332 g/mol. The molecule has 4 nitrogen and oxygen atoms in total. The van der Waals surface area contributed by atoms with Crippen molar-refractivity contribution >= 4 is 21.8 Å². The number of nitrogens with zero attached hydrogens (tertiary/aromatic N) is 1. The number of benzene rings is 1. The molecule has 3 aliphatic rings. The second kappa shape index (κ2) is 6.36. The Morgan fingerprint density at radius 1 is 1.43 bits per heavy atom. The second-order valence-electron chi connectivity index (χ2n) is 5.80. The number of hydrogen-bond acceptors (Lipinski definition) is 3. The highest BCUT2D eigenvalue weighted by Crippen LogP contribution is 2.29. The first kappa shape index (κ1) is 14.9. The number of fused-ring (bicyclic) bond motifs is 3. The van der Waals surface area contributed by atoms with Crippen molar-refractivity contribution in [3.05, 3.63) is 28.2 Å². The van der Waals surface area contributed by atoms with E-state index in [9.17, 15) is 4.79 Å². The molecule has 1 amide bonds. The van der Waals surface area contributed by atoms with Crippen LogP contribution >= 0.6 is 15.9 Å². The number of hydrogen-bond donors (Lipinski definition) is 1. The fourth-order valence-corrected chi connectivity index (χ4v) is 3.79. The lowest BCUT2D eigenvalue weighted by atomic mass is 9.84. The first-order chi connectivity index (χ1) is 10.2. The minimum Gasteiger partial charge on any atom is -0.493 e. The van der Waals surface area contributed by atoms with Gasteiger partial charge in [0.05, 0.1) is 11.1 Å². The van der Waals surface area contributed by atoms with Crippen molar-refractivity contribution in [3.8, 4) is 5.75 Å². The molecular formula is C16H21BrN2O2. The van der Waals surface area contributed by atoms with Crippen molar-refractivity contribution in [2.75, 3.05) is 26.2 Å². The van der Waals surface area contributed by atoms with Gasteiger partial charge in [-0.1, -0.05) is 0 Å². The quantitative estimate of drug-likeness (QED) is 0.905. The molecule has 3 aliphatic heterocycles. The van der Waals surface area contributed by atoms with Crippen LogP contribution in [-0.4, -0.2) is 43.1 Å². The van der Waals surface area contributed by atoms with E-state index in [0.717, 1.165) is 16.8 Å². The molecule has 0 aromatic heterocycles. The number of rotatable bonds is 4. The molecule has 0 aliphatic carbocycles. The first-order valence-corrected chi connectivity index (χ1v) is 8.42. The SMILES string of the molecule is CCOc1ccc(C(=O)NC2CN3CCC2CC3)cc1Br. The maximum absolute atomic E-state index is 12.4. The molecule has 4 rings (SSSR count). The van der Waals surface area contributed by atoms with E-state index >= 15 is 0 Å². The molecule has 0 radical (unpaired) electrons. The van der Waals surface area contributed by atoms with E-state index in [1.807, 2.05) is 25.1 Å². The number of piperidine rings is 3. The molecule has 5 heteroatoms. The summed E-state index contributed by atoms with van der Waals surface area (Å²) in [6.45, 7) is 5.93. The standard InChI is InChI=1S/C16H21BrN2O2/c1-2-21-15-4-3-12(9-13(15)17)16(20)18-14-10-19-7-5-11(14)6-8-19/h3-4,9,11,14H,2,5-8,10H2,1H3,(H,18,20). The van der Waals surface area contributed by atoms with Gasteiger partial charge in [-0.15, -0.1) is 0 Å². The van der Waals surface area contributed by atoms with Gasteiger partial charge in [-0.2, -0.15) is 0 Å². The highest BCUT2D eigenvalue weighted by Gasteiger charge is 2.34. The molecule has 1 unspecified atom stereocenters. The zero-order valence-corrected chi connectivity index (χ0v) is 13.9. The van der Waals surface area contributed by atoms with Crippen LogP contribution in [0.15, 0.2) is 22.7 Å². The Morgan fingerprint density at radius 2 is 2.19 bits per heavy atom. The van der Waals surface area contributed by atoms with Gasteiger partial charge in [-0.3, -0.25) is 4.79 Å². The molecule has 114 valence electrons. The van der Waals surface area contributed by atoms with Crippen LogP contribution in [0.2, 0.25) is 0 Å². The Hall–Kier alpha value is -1.07. The molecule has 21 heavy (non-hydrogen) atoms. The predicted octanol–water partition coefficient (Wildman–Crippen LogP) is 2.67. The van der Waals surface area contributed by atoms with E-state index in [1.54, 1.807) is 0 Å². The van der Waals surface area contributed by atoms with Gasteiger partial charge in [0.15, 0.2) is 0 Å². The number of carbonyl (C=O) groups is 1. The average molecular weight is 353 g/mol. The Labute approximate surface area is 134 Å². The molecule has 3 fully saturated rings. The molecule has 1 N–H and O–H groups in total. The summed E-state index contributed by atoms with van der Waals surface area (Å²) in [6, 6.07) is 5.80. The molecule has 2 bridgehead atoms. The van der Waals surface area contributed by atoms with Crippen molar-refractivity contribution < 1.29 is 9.53 Å². The highest BCUT2D eigenvalue weighted by molar-refractivity contribution is 9.10. The van der Waals surface area contributed by atoms with Gasteiger partial charge in [0.25, 0.3) is 5.91 Å². The van der Waals surface area contributed by atoms with Gasteiger partial charge in [0.2, 0.25) is 0 Å². The normalized spacial score (nSPS) is 27.4. The maximum Gasteiger partial charge on any atom is 0.251 e. The largest absolute Gasteiger partial charge is 0.493 e. The highest BCUT2D eigenvalue weighted by atomic mass is 79.9. The molecule has 0 spiro atoms. The van der Waals surface area contributed by atoms with Gasteiger partial charge in [-0.25, -0.2) is 0 Å². The summed E-state index contributed by atoms with van der Waals surface area (Å²) < 4.78 is 6.30. The van der Waals surface area contributed by atoms with Gasteiger partial charge >= 0.3 is 0 Å². The van der Waals surface area contributed by atoms with E-state index in [-0.39, 0.29) is 5.91 Å². The molecule has 1 aromatic carbocycles. The lowest BCUT2D eigenvalue weighted by Crippen LogP contribution is -2.57. The van der Waals surface area contributed by atoms with Crippen LogP contribution in [0.1, 0.15) is 30.1 Å². The monoisotopic (exact) mass is 352 g/mol. The number of halogens is 1. The van der Waals surface area contributed by atoms with Crippen molar-refractivity contribution in [1.29, 1.82) is 0 Å². The summed E-state index contributed by atoms with van der Waals surface area (Å²) >= 11 is 3.46. The Bertz CT molecular complexity index is 527. The summed E-state index contributed by atoms with van der Waals surface area (Å²) in [4.78, 5) is 14.9. The minimum atomic E-state index is 0.0116. The Kier molecular flexibility index (Phi) is 4.50. The third-order valence-electron chi connectivity index (χ3n) is 4.47. The minimum absolute atomic E-state index is 0.0116. The number of amides is 1. The van der Waals surface area contributed by atoms with Crippen LogP contribution in [0.25, 0.3) is 0 Å². The second-order valence-corrected chi connectivity index (χ2v) is 6.65. The summed E-state index contributed by atoms with van der Waals surface area (Å²) in [5.41, 5.74) is 0.682. The average Bonchev–Trinajstić information content (AvgIpc) is 2.50.